The number of benzene rings is 1. The van der Waals surface area contributed by atoms with E-state index in [1.807, 2.05) is 31.2 Å². The molecule has 0 aliphatic rings. The second-order valence-corrected chi connectivity index (χ2v) is 6.81. The van der Waals surface area contributed by atoms with Gasteiger partial charge in [0.05, 0.1) is 6.26 Å². The third kappa shape index (κ3) is 5.20. The summed E-state index contributed by atoms with van der Waals surface area (Å²) in [6, 6.07) is 7.92. The Hall–Kier alpha value is -1.07. The van der Waals surface area contributed by atoms with Gasteiger partial charge in [0, 0.05) is 13.1 Å². The predicted octanol–water partition coefficient (Wildman–Crippen LogP) is 2.47. The Bertz CT molecular complexity index is 480. The van der Waals surface area contributed by atoms with Gasteiger partial charge in [-0.05, 0) is 23.6 Å². The Labute approximate surface area is 116 Å². The molecule has 0 N–H and O–H groups in total. The monoisotopic (exact) mass is 285 g/mol. The molecule has 0 radical (unpaired) electrons. The second-order valence-electron chi connectivity index (χ2n) is 4.83. The van der Waals surface area contributed by atoms with Crippen LogP contribution in [0.4, 0.5) is 0 Å². The van der Waals surface area contributed by atoms with Crippen molar-refractivity contribution in [1.29, 1.82) is 0 Å². The topological polar surface area (TPSA) is 46.6 Å². The zero-order chi connectivity index (χ0) is 14.5. The molecule has 5 heteroatoms. The Kier molecular flexibility index (Phi) is 5.82. The van der Waals surface area contributed by atoms with E-state index in [4.69, 9.17) is 4.74 Å². The Morgan fingerprint density at radius 3 is 2.21 bits per heavy atom. The maximum absolute atomic E-state index is 11.4. The molecule has 0 heterocycles. The van der Waals surface area contributed by atoms with Crippen molar-refractivity contribution in [2.75, 3.05) is 26.0 Å². The van der Waals surface area contributed by atoms with Crippen molar-refractivity contribution >= 4 is 10.0 Å². The van der Waals surface area contributed by atoms with Gasteiger partial charge in [0.1, 0.15) is 12.4 Å². The van der Waals surface area contributed by atoms with Crippen molar-refractivity contribution in [2.24, 2.45) is 0 Å². The highest BCUT2D eigenvalue weighted by Crippen LogP contribution is 2.18. The van der Waals surface area contributed by atoms with Crippen molar-refractivity contribution < 1.29 is 13.2 Å². The van der Waals surface area contributed by atoms with Gasteiger partial charge in [-0.25, -0.2) is 8.42 Å². The van der Waals surface area contributed by atoms with E-state index in [1.165, 1.54) is 16.1 Å². The lowest BCUT2D eigenvalue weighted by Crippen LogP contribution is -2.33. The van der Waals surface area contributed by atoms with E-state index in [0.29, 0.717) is 25.6 Å². The molecular formula is C14H23NO3S. The highest BCUT2D eigenvalue weighted by atomic mass is 32.2. The molecule has 1 rings (SSSR count). The second kappa shape index (κ2) is 6.91. The summed E-state index contributed by atoms with van der Waals surface area (Å²) in [6.07, 6.45) is 1.22. The molecule has 0 aliphatic carbocycles. The lowest BCUT2D eigenvalue weighted by molar-refractivity contribution is 0.277. The van der Waals surface area contributed by atoms with Crippen LogP contribution in [0.25, 0.3) is 0 Å². The van der Waals surface area contributed by atoms with Crippen molar-refractivity contribution in [3.63, 3.8) is 0 Å². The number of sulfonamides is 1. The first-order valence-electron chi connectivity index (χ1n) is 6.52. The molecule has 0 spiro atoms. The summed E-state index contributed by atoms with van der Waals surface area (Å²) < 4.78 is 29.8. The molecule has 0 fully saturated rings. The quantitative estimate of drug-likeness (QED) is 0.773. The molecule has 0 aliphatic heterocycles. The van der Waals surface area contributed by atoms with Gasteiger partial charge in [-0.1, -0.05) is 32.9 Å². The van der Waals surface area contributed by atoms with E-state index in [9.17, 15) is 8.42 Å². The molecule has 4 nitrogen and oxygen atoms in total. The van der Waals surface area contributed by atoms with Crippen LogP contribution >= 0.6 is 0 Å². The largest absolute Gasteiger partial charge is 0.492 e. The van der Waals surface area contributed by atoms with Crippen LogP contribution in [0.2, 0.25) is 0 Å². The average Bonchev–Trinajstić information content (AvgIpc) is 2.33. The van der Waals surface area contributed by atoms with E-state index in [2.05, 4.69) is 13.8 Å². The van der Waals surface area contributed by atoms with E-state index >= 15 is 0 Å². The molecule has 19 heavy (non-hydrogen) atoms. The first-order chi connectivity index (χ1) is 8.84. The number of likely N-dealkylation sites (N-methyl/N-ethyl adjacent to an activating group) is 1. The average molecular weight is 285 g/mol. The first-order valence-corrected chi connectivity index (χ1v) is 8.37. The molecule has 0 unspecified atom stereocenters. The summed E-state index contributed by atoms with van der Waals surface area (Å²) in [7, 11) is -3.13. The summed E-state index contributed by atoms with van der Waals surface area (Å²) in [5.41, 5.74) is 1.26. The molecular weight excluding hydrogens is 262 g/mol. The molecule has 0 bridgehead atoms. The minimum Gasteiger partial charge on any atom is -0.492 e. The number of hydrogen-bond acceptors (Lipinski definition) is 3. The standard InChI is InChI=1S/C14H23NO3S/c1-5-15(19(4,16)17)10-11-18-14-8-6-13(7-9-14)12(2)3/h6-9,12H,5,10-11H2,1-4H3. The third-order valence-corrected chi connectivity index (χ3v) is 4.36. The molecule has 0 aromatic heterocycles. The van der Waals surface area contributed by atoms with Gasteiger partial charge >= 0.3 is 0 Å². The maximum atomic E-state index is 11.4. The highest BCUT2D eigenvalue weighted by molar-refractivity contribution is 7.88. The Balaban J connectivity index is 2.49. The minimum atomic E-state index is -3.13. The van der Waals surface area contributed by atoms with Crippen LogP contribution < -0.4 is 4.74 Å². The normalized spacial score (nSPS) is 12.1. The number of rotatable bonds is 7. The van der Waals surface area contributed by atoms with Crippen molar-refractivity contribution in [1.82, 2.24) is 4.31 Å². The summed E-state index contributed by atoms with van der Waals surface area (Å²) in [6.45, 7) is 7.30. The summed E-state index contributed by atoms with van der Waals surface area (Å²) in [5, 5.41) is 0. The summed E-state index contributed by atoms with van der Waals surface area (Å²) >= 11 is 0. The van der Waals surface area contributed by atoms with Crippen LogP contribution in [0.5, 0.6) is 5.75 Å². The fraction of sp³-hybridized carbons (Fsp3) is 0.571. The molecule has 1 aromatic rings. The molecule has 1 aromatic carbocycles. The zero-order valence-corrected chi connectivity index (χ0v) is 12.9. The fourth-order valence-corrected chi connectivity index (χ4v) is 2.65. The molecule has 0 saturated heterocycles. The lowest BCUT2D eigenvalue weighted by Gasteiger charge is -2.18. The molecule has 0 amide bonds. The van der Waals surface area contributed by atoms with Gasteiger partial charge in [0.15, 0.2) is 0 Å². The van der Waals surface area contributed by atoms with Crippen LogP contribution in [0.3, 0.4) is 0 Å². The van der Waals surface area contributed by atoms with Crippen molar-refractivity contribution in [3.8, 4) is 5.75 Å². The van der Waals surface area contributed by atoms with Gasteiger partial charge in [0.2, 0.25) is 10.0 Å². The van der Waals surface area contributed by atoms with Gasteiger partial charge < -0.3 is 4.74 Å². The number of hydrogen-bond donors (Lipinski definition) is 0. The fourth-order valence-electron chi connectivity index (χ4n) is 1.77. The highest BCUT2D eigenvalue weighted by Gasteiger charge is 2.13. The van der Waals surface area contributed by atoms with Gasteiger partial charge in [-0.2, -0.15) is 4.31 Å². The van der Waals surface area contributed by atoms with Crippen LogP contribution in [-0.2, 0) is 10.0 Å². The van der Waals surface area contributed by atoms with Crippen molar-refractivity contribution in [2.45, 2.75) is 26.7 Å². The van der Waals surface area contributed by atoms with Gasteiger partial charge in [0.25, 0.3) is 0 Å². The van der Waals surface area contributed by atoms with Crippen molar-refractivity contribution in [3.05, 3.63) is 29.8 Å². The maximum Gasteiger partial charge on any atom is 0.211 e. The third-order valence-electron chi connectivity index (χ3n) is 2.98. The molecule has 108 valence electrons. The van der Waals surface area contributed by atoms with Crippen LogP contribution in [0.1, 0.15) is 32.3 Å². The summed E-state index contributed by atoms with van der Waals surface area (Å²) in [4.78, 5) is 0. The number of nitrogens with zero attached hydrogens (tertiary/aromatic N) is 1. The van der Waals surface area contributed by atoms with E-state index in [-0.39, 0.29) is 0 Å². The smallest absolute Gasteiger partial charge is 0.211 e. The Morgan fingerprint density at radius 1 is 1.21 bits per heavy atom. The summed E-state index contributed by atoms with van der Waals surface area (Å²) in [5.74, 6) is 1.27. The van der Waals surface area contributed by atoms with Crippen LogP contribution in [0.15, 0.2) is 24.3 Å². The predicted molar refractivity (Wildman–Crippen MR) is 78.1 cm³/mol. The lowest BCUT2D eigenvalue weighted by atomic mass is 10.0. The van der Waals surface area contributed by atoms with Gasteiger partial charge in [-0.15, -0.1) is 0 Å². The Morgan fingerprint density at radius 2 is 1.79 bits per heavy atom. The first kappa shape index (κ1) is 16.0. The molecule has 0 saturated carbocycles. The van der Waals surface area contributed by atoms with Gasteiger partial charge in [-0.3, -0.25) is 0 Å². The molecule has 0 atom stereocenters. The van der Waals surface area contributed by atoms with Crippen LogP contribution in [-0.4, -0.2) is 38.7 Å². The minimum absolute atomic E-state index is 0.363. The van der Waals surface area contributed by atoms with E-state index in [1.54, 1.807) is 0 Å². The van der Waals surface area contributed by atoms with E-state index < -0.39 is 10.0 Å². The van der Waals surface area contributed by atoms with E-state index in [0.717, 1.165) is 5.75 Å². The zero-order valence-electron chi connectivity index (χ0n) is 12.1. The van der Waals surface area contributed by atoms with Crippen LogP contribution in [0, 0.1) is 0 Å². The number of ether oxygens (including phenoxy) is 1. The SMILES string of the molecule is CCN(CCOc1ccc(C(C)C)cc1)S(C)(=O)=O.